The highest BCUT2D eigenvalue weighted by Crippen LogP contribution is 2.21. The van der Waals surface area contributed by atoms with Gasteiger partial charge in [0.15, 0.2) is 0 Å². The van der Waals surface area contributed by atoms with Crippen LogP contribution in [0.25, 0.3) is 0 Å². The van der Waals surface area contributed by atoms with E-state index in [4.69, 9.17) is 11.6 Å². The Bertz CT molecular complexity index is 197. The van der Waals surface area contributed by atoms with Crippen molar-refractivity contribution >= 4 is 22.9 Å². The normalized spacial score (nSPS) is 10.7. The van der Waals surface area contributed by atoms with Gasteiger partial charge in [-0.25, -0.2) is 0 Å². The van der Waals surface area contributed by atoms with Crippen LogP contribution in [0.4, 0.5) is 0 Å². The minimum Gasteiger partial charge on any atom is -0.142 e. The number of nitrogens with zero attached hydrogens (tertiary/aromatic N) is 2. The number of aromatic nitrogens is 2. The molecule has 0 fully saturated rings. The fraction of sp³-hybridized carbons (Fsp3) is 0.600. The van der Waals surface area contributed by atoms with Gasteiger partial charge in [-0.3, -0.25) is 0 Å². The Morgan fingerprint density at radius 3 is 2.33 bits per heavy atom. The Morgan fingerprint density at radius 1 is 1.44 bits per heavy atom. The van der Waals surface area contributed by atoms with Gasteiger partial charge in [0, 0.05) is 5.92 Å². The first-order valence-corrected chi connectivity index (χ1v) is 3.88. The van der Waals surface area contributed by atoms with Gasteiger partial charge < -0.3 is 0 Å². The van der Waals surface area contributed by atoms with E-state index in [2.05, 4.69) is 24.0 Å². The van der Waals surface area contributed by atoms with Crippen molar-refractivity contribution in [1.29, 1.82) is 0 Å². The van der Waals surface area contributed by atoms with Crippen LogP contribution in [0.3, 0.4) is 0 Å². The predicted molar refractivity (Wildman–Crippen MR) is 39.0 cm³/mol. The van der Waals surface area contributed by atoms with E-state index in [-0.39, 0.29) is 0 Å². The smallest absolute Gasteiger partial charge is 0.142 e. The molecule has 0 aliphatic heterocycles. The molecule has 4 heteroatoms. The lowest BCUT2D eigenvalue weighted by Gasteiger charge is -1.92. The topological polar surface area (TPSA) is 25.8 Å². The van der Waals surface area contributed by atoms with E-state index in [0.29, 0.717) is 10.4 Å². The van der Waals surface area contributed by atoms with E-state index in [1.807, 2.05) is 0 Å². The third-order valence-electron chi connectivity index (χ3n) is 0.910. The highest BCUT2D eigenvalue weighted by molar-refractivity contribution is 7.15. The van der Waals surface area contributed by atoms with Crippen LogP contribution in [-0.4, -0.2) is 10.2 Å². The summed E-state index contributed by atoms with van der Waals surface area (Å²) in [5.74, 6) is 0.440. The number of halogens is 1. The molecular weight excluding hydrogens is 156 g/mol. The molecule has 0 bridgehead atoms. The molecule has 0 aromatic carbocycles. The van der Waals surface area contributed by atoms with E-state index in [0.717, 1.165) is 5.01 Å². The van der Waals surface area contributed by atoms with Crippen LogP contribution >= 0.6 is 22.9 Å². The third kappa shape index (κ3) is 1.63. The van der Waals surface area contributed by atoms with Gasteiger partial charge in [0.25, 0.3) is 0 Å². The van der Waals surface area contributed by atoms with Crippen molar-refractivity contribution in [3.63, 3.8) is 0 Å². The lowest BCUT2D eigenvalue weighted by molar-refractivity contribution is 0.825. The minimum atomic E-state index is 0.440. The molecule has 50 valence electrons. The first-order chi connectivity index (χ1) is 4.20. The largest absolute Gasteiger partial charge is 0.207 e. The summed E-state index contributed by atoms with van der Waals surface area (Å²) < 4.78 is 0.527. The predicted octanol–water partition coefficient (Wildman–Crippen LogP) is 2.31. The van der Waals surface area contributed by atoms with Crippen LogP contribution in [0, 0.1) is 0 Å². The highest BCUT2D eigenvalue weighted by atomic mass is 35.5. The maximum Gasteiger partial charge on any atom is 0.207 e. The van der Waals surface area contributed by atoms with Crippen molar-refractivity contribution in [1.82, 2.24) is 10.2 Å². The van der Waals surface area contributed by atoms with Gasteiger partial charge in [0.1, 0.15) is 5.01 Å². The Labute approximate surface area is 62.9 Å². The fourth-order valence-electron chi connectivity index (χ4n) is 0.449. The van der Waals surface area contributed by atoms with Crippen molar-refractivity contribution in [2.75, 3.05) is 0 Å². The molecule has 0 amide bonds. The summed E-state index contributed by atoms with van der Waals surface area (Å²) >= 11 is 6.99. The van der Waals surface area contributed by atoms with Crippen molar-refractivity contribution in [2.45, 2.75) is 19.8 Å². The summed E-state index contributed by atoms with van der Waals surface area (Å²) in [6.07, 6.45) is 0. The lowest BCUT2D eigenvalue weighted by atomic mass is 10.2. The van der Waals surface area contributed by atoms with E-state index in [9.17, 15) is 0 Å². The SMILES string of the molecule is CC(C)c1nnc(Cl)s1. The van der Waals surface area contributed by atoms with Crippen LogP contribution < -0.4 is 0 Å². The molecule has 2 nitrogen and oxygen atoms in total. The highest BCUT2D eigenvalue weighted by Gasteiger charge is 2.04. The lowest BCUT2D eigenvalue weighted by Crippen LogP contribution is -1.83. The Balaban J connectivity index is 2.85. The zero-order valence-corrected chi connectivity index (χ0v) is 6.83. The molecule has 0 radical (unpaired) electrons. The number of rotatable bonds is 1. The molecule has 1 rings (SSSR count). The quantitative estimate of drug-likeness (QED) is 0.634. The van der Waals surface area contributed by atoms with Crippen molar-refractivity contribution in [3.05, 3.63) is 9.47 Å². The first kappa shape index (κ1) is 6.96. The molecule has 0 spiro atoms. The third-order valence-corrected chi connectivity index (χ3v) is 2.23. The van der Waals surface area contributed by atoms with Gasteiger partial charge in [0.05, 0.1) is 0 Å². The molecule has 0 saturated carbocycles. The fourth-order valence-corrected chi connectivity index (χ4v) is 1.30. The van der Waals surface area contributed by atoms with Gasteiger partial charge in [-0.1, -0.05) is 25.2 Å². The zero-order chi connectivity index (χ0) is 6.85. The van der Waals surface area contributed by atoms with Gasteiger partial charge in [-0.15, -0.1) is 10.2 Å². The summed E-state index contributed by atoms with van der Waals surface area (Å²) in [4.78, 5) is 0. The summed E-state index contributed by atoms with van der Waals surface area (Å²) in [5, 5.41) is 8.52. The van der Waals surface area contributed by atoms with E-state index < -0.39 is 0 Å². The Morgan fingerprint density at radius 2 is 2.11 bits per heavy atom. The summed E-state index contributed by atoms with van der Waals surface area (Å²) in [6, 6.07) is 0. The first-order valence-electron chi connectivity index (χ1n) is 2.69. The monoisotopic (exact) mass is 162 g/mol. The van der Waals surface area contributed by atoms with Crippen molar-refractivity contribution in [2.24, 2.45) is 0 Å². The van der Waals surface area contributed by atoms with Crippen LogP contribution in [0.2, 0.25) is 4.47 Å². The van der Waals surface area contributed by atoms with Gasteiger partial charge in [-0.2, -0.15) is 0 Å². The van der Waals surface area contributed by atoms with Crippen molar-refractivity contribution < 1.29 is 0 Å². The zero-order valence-electron chi connectivity index (χ0n) is 5.26. The molecule has 0 aliphatic rings. The molecule has 1 aromatic rings. The van der Waals surface area contributed by atoms with Crippen LogP contribution in [0.15, 0.2) is 0 Å². The average Bonchev–Trinajstić information content (AvgIpc) is 2.14. The number of hydrogen-bond acceptors (Lipinski definition) is 3. The molecule has 9 heavy (non-hydrogen) atoms. The second kappa shape index (κ2) is 2.62. The summed E-state index contributed by atoms with van der Waals surface area (Å²) in [6.45, 7) is 4.13. The molecule has 0 aliphatic carbocycles. The molecule has 0 N–H and O–H groups in total. The maximum absolute atomic E-state index is 5.55. The minimum absolute atomic E-state index is 0.440. The average molecular weight is 163 g/mol. The van der Waals surface area contributed by atoms with E-state index in [1.165, 1.54) is 11.3 Å². The standard InChI is InChI=1S/C5H7ClN2S/c1-3(2)4-7-8-5(6)9-4/h3H,1-2H3. The van der Waals surface area contributed by atoms with Crippen molar-refractivity contribution in [3.8, 4) is 0 Å². The molecule has 1 aromatic heterocycles. The van der Waals surface area contributed by atoms with Gasteiger partial charge >= 0.3 is 0 Å². The van der Waals surface area contributed by atoms with Crippen LogP contribution in [0.5, 0.6) is 0 Å². The van der Waals surface area contributed by atoms with Crippen LogP contribution in [-0.2, 0) is 0 Å². The molecule has 0 saturated heterocycles. The molecular formula is C5H7ClN2S. The summed E-state index contributed by atoms with van der Waals surface area (Å²) in [7, 11) is 0. The maximum atomic E-state index is 5.55. The second-order valence-electron chi connectivity index (χ2n) is 2.05. The molecule has 0 atom stereocenters. The van der Waals surface area contributed by atoms with Crippen LogP contribution in [0.1, 0.15) is 24.8 Å². The van der Waals surface area contributed by atoms with E-state index >= 15 is 0 Å². The number of hydrogen-bond donors (Lipinski definition) is 0. The molecule has 1 heterocycles. The van der Waals surface area contributed by atoms with Gasteiger partial charge in [0.2, 0.25) is 4.47 Å². The van der Waals surface area contributed by atoms with E-state index in [1.54, 1.807) is 0 Å². The molecule has 0 unspecified atom stereocenters. The second-order valence-corrected chi connectivity index (χ2v) is 3.64. The Hall–Kier alpha value is -0.150. The Kier molecular flexibility index (Phi) is 2.03. The van der Waals surface area contributed by atoms with Gasteiger partial charge in [-0.05, 0) is 11.6 Å². The summed E-state index contributed by atoms with van der Waals surface area (Å²) in [5.41, 5.74) is 0.